The van der Waals surface area contributed by atoms with Crippen LogP contribution < -0.4 is 9.64 Å². The van der Waals surface area contributed by atoms with E-state index in [0.717, 1.165) is 19.4 Å². The van der Waals surface area contributed by atoms with E-state index >= 15 is 8.78 Å². The average Bonchev–Trinajstić information content (AvgIpc) is 3.55. The van der Waals surface area contributed by atoms with Gasteiger partial charge in [-0.1, -0.05) is 37.1 Å². The molecule has 0 amide bonds. The van der Waals surface area contributed by atoms with E-state index in [1.54, 1.807) is 31.2 Å². The zero-order valence-corrected chi connectivity index (χ0v) is 24.7. The van der Waals surface area contributed by atoms with Crippen LogP contribution in [0.2, 0.25) is 0 Å². The second-order valence-corrected chi connectivity index (χ2v) is 12.1. The molecule has 0 radical (unpaired) electrons. The molecule has 0 bridgehead atoms. The average molecular weight is 618 g/mol. The van der Waals surface area contributed by atoms with Crippen molar-refractivity contribution in [1.82, 2.24) is 19.9 Å². The van der Waals surface area contributed by atoms with Crippen LogP contribution in [-0.4, -0.2) is 71.1 Å². The molecule has 232 valence electrons. The van der Waals surface area contributed by atoms with E-state index in [-0.39, 0.29) is 60.4 Å². The normalized spacial score (nSPS) is 24.7. The number of alkyl halides is 1. The first-order valence-electron chi connectivity index (χ1n) is 15.0. The second-order valence-electron chi connectivity index (χ2n) is 12.1. The van der Waals surface area contributed by atoms with E-state index in [0.29, 0.717) is 41.2 Å². The summed E-state index contributed by atoms with van der Waals surface area (Å²) in [6.07, 6.45) is 8.50. The van der Waals surface area contributed by atoms with Gasteiger partial charge in [0.1, 0.15) is 29.5 Å². The van der Waals surface area contributed by atoms with E-state index < -0.39 is 29.4 Å². The van der Waals surface area contributed by atoms with Crippen LogP contribution in [0.5, 0.6) is 6.01 Å². The Kier molecular flexibility index (Phi) is 7.58. The number of terminal acetylenes is 1. The standard InChI is InChI=1S/C34H31F4N5O2/c1-3-23-26(36)9-8-22-6-4-7-24(27(22)23)29-28(37)30-25(16-39-29)32(43-12-13-44-18-20(2)31(43)38)41-33(40-30)45-19-34-10-5-11-42(34)17-21(14-34)15-35/h1,4,6-9,15-16,20,31H,5,10-14,17-19H2,2H3/b21-15+/t20?,31?,34-/m0/s1. The third kappa shape index (κ3) is 4.96. The molecular formula is C34H31F4N5O2. The number of halogens is 4. The van der Waals surface area contributed by atoms with Crippen LogP contribution in [-0.2, 0) is 4.74 Å². The van der Waals surface area contributed by atoms with Crippen molar-refractivity contribution >= 4 is 27.5 Å². The highest BCUT2D eigenvalue weighted by Gasteiger charge is 2.47. The van der Waals surface area contributed by atoms with Crippen LogP contribution in [0.15, 0.2) is 48.4 Å². The van der Waals surface area contributed by atoms with E-state index in [2.05, 4.69) is 25.8 Å². The van der Waals surface area contributed by atoms with Gasteiger partial charge in [-0.25, -0.2) is 17.6 Å². The Labute approximate surface area is 257 Å². The van der Waals surface area contributed by atoms with Crippen LogP contribution in [0.1, 0.15) is 31.7 Å². The molecule has 3 saturated heterocycles. The van der Waals surface area contributed by atoms with Crippen LogP contribution in [0.3, 0.4) is 0 Å². The summed E-state index contributed by atoms with van der Waals surface area (Å²) in [4.78, 5) is 17.1. The lowest BCUT2D eigenvalue weighted by Gasteiger charge is -2.31. The Bertz CT molecular complexity index is 1880. The van der Waals surface area contributed by atoms with Crippen LogP contribution in [0, 0.1) is 29.9 Å². The molecule has 2 aromatic heterocycles. The van der Waals surface area contributed by atoms with E-state index in [4.69, 9.17) is 15.9 Å². The smallest absolute Gasteiger partial charge is 0.319 e. The summed E-state index contributed by atoms with van der Waals surface area (Å²) in [6, 6.07) is 7.80. The number of hydrogen-bond acceptors (Lipinski definition) is 7. The fourth-order valence-corrected chi connectivity index (χ4v) is 7.00. The van der Waals surface area contributed by atoms with Crippen molar-refractivity contribution in [3.05, 3.63) is 65.6 Å². The summed E-state index contributed by atoms with van der Waals surface area (Å²) in [6.45, 7) is 3.85. The van der Waals surface area contributed by atoms with E-state index in [9.17, 15) is 8.78 Å². The fraction of sp³-hybridized carbons (Fsp3) is 0.382. The van der Waals surface area contributed by atoms with Gasteiger partial charge in [0.2, 0.25) is 0 Å². The van der Waals surface area contributed by atoms with Gasteiger partial charge in [0, 0.05) is 36.2 Å². The first-order valence-corrected chi connectivity index (χ1v) is 15.0. The van der Waals surface area contributed by atoms with Crippen LogP contribution >= 0.6 is 0 Å². The SMILES string of the molecule is C#Cc1c(F)ccc2cccc(-c3ncc4c(N5CCOCC(C)C5F)nc(OC[C@@]56CCCN5C/C(=C/F)C6)nc4c3F)c12. The largest absolute Gasteiger partial charge is 0.461 e. The van der Waals surface area contributed by atoms with Crippen LogP contribution in [0.4, 0.5) is 23.4 Å². The number of anilines is 1. The molecule has 11 heteroatoms. The summed E-state index contributed by atoms with van der Waals surface area (Å²) in [5, 5.41) is 1.15. The zero-order chi connectivity index (χ0) is 31.3. The Morgan fingerprint density at radius 1 is 1.20 bits per heavy atom. The number of fused-ring (bicyclic) bond motifs is 3. The summed E-state index contributed by atoms with van der Waals surface area (Å²) in [5.74, 6) is 0.616. The third-order valence-electron chi connectivity index (χ3n) is 9.25. The van der Waals surface area contributed by atoms with Gasteiger partial charge in [-0.05, 0) is 42.8 Å². The minimum atomic E-state index is -1.48. The molecule has 5 heterocycles. The van der Waals surface area contributed by atoms with Crippen molar-refractivity contribution in [2.75, 3.05) is 44.4 Å². The molecule has 0 N–H and O–H groups in total. The minimum Gasteiger partial charge on any atom is -0.461 e. The number of aromatic nitrogens is 3. The molecular weight excluding hydrogens is 586 g/mol. The summed E-state index contributed by atoms with van der Waals surface area (Å²) >= 11 is 0. The highest BCUT2D eigenvalue weighted by atomic mass is 19.1. The van der Waals surface area contributed by atoms with Crippen molar-refractivity contribution in [2.24, 2.45) is 5.92 Å². The summed E-state index contributed by atoms with van der Waals surface area (Å²) < 4.78 is 72.5. The first kappa shape index (κ1) is 29.4. The molecule has 45 heavy (non-hydrogen) atoms. The molecule has 0 saturated carbocycles. The molecule has 0 spiro atoms. The molecule has 2 aromatic carbocycles. The molecule has 3 fully saturated rings. The highest BCUT2D eigenvalue weighted by molar-refractivity contribution is 6.02. The van der Waals surface area contributed by atoms with Gasteiger partial charge >= 0.3 is 6.01 Å². The van der Waals surface area contributed by atoms with Crippen molar-refractivity contribution < 1.29 is 27.0 Å². The lowest BCUT2D eigenvalue weighted by atomic mass is 9.94. The molecule has 7 nitrogen and oxygen atoms in total. The number of rotatable bonds is 5. The Hall–Kier alpha value is -4.27. The predicted molar refractivity (Wildman–Crippen MR) is 163 cm³/mol. The van der Waals surface area contributed by atoms with Gasteiger partial charge in [0.25, 0.3) is 0 Å². The Morgan fingerprint density at radius 3 is 2.89 bits per heavy atom. The highest BCUT2D eigenvalue weighted by Crippen LogP contribution is 2.42. The maximum atomic E-state index is 16.7. The molecule has 4 aromatic rings. The van der Waals surface area contributed by atoms with Crippen molar-refractivity contribution in [3.8, 4) is 29.6 Å². The van der Waals surface area contributed by atoms with Gasteiger partial charge in [0.15, 0.2) is 12.1 Å². The van der Waals surface area contributed by atoms with Crippen molar-refractivity contribution in [2.45, 2.75) is 38.0 Å². The monoisotopic (exact) mass is 617 g/mol. The summed E-state index contributed by atoms with van der Waals surface area (Å²) in [7, 11) is 0. The number of nitrogens with zero attached hydrogens (tertiary/aromatic N) is 5. The third-order valence-corrected chi connectivity index (χ3v) is 9.25. The fourth-order valence-electron chi connectivity index (χ4n) is 7.00. The molecule has 3 aliphatic rings. The lowest BCUT2D eigenvalue weighted by molar-refractivity contribution is 0.105. The predicted octanol–water partition coefficient (Wildman–Crippen LogP) is 6.34. The second kappa shape index (κ2) is 11.6. The topological polar surface area (TPSA) is 63.6 Å². The maximum absolute atomic E-state index is 16.7. The number of pyridine rings is 1. The van der Waals surface area contributed by atoms with Gasteiger partial charge in [0.05, 0.1) is 36.0 Å². The number of ether oxygens (including phenoxy) is 2. The molecule has 7 rings (SSSR count). The summed E-state index contributed by atoms with van der Waals surface area (Å²) in [5.41, 5.74) is 0.330. The van der Waals surface area contributed by atoms with Crippen LogP contribution in [0.25, 0.3) is 32.9 Å². The van der Waals surface area contributed by atoms with Crippen molar-refractivity contribution in [1.29, 1.82) is 0 Å². The van der Waals surface area contributed by atoms with E-state index in [1.165, 1.54) is 17.2 Å². The first-order chi connectivity index (χ1) is 21.8. The van der Waals surface area contributed by atoms with Gasteiger partial charge < -0.3 is 14.4 Å². The number of benzene rings is 2. The molecule has 3 atom stereocenters. The van der Waals surface area contributed by atoms with Crippen molar-refractivity contribution in [3.63, 3.8) is 0 Å². The Balaban J connectivity index is 1.38. The lowest BCUT2D eigenvalue weighted by Crippen LogP contribution is -2.43. The zero-order valence-electron chi connectivity index (χ0n) is 24.7. The van der Waals surface area contributed by atoms with Gasteiger partial charge in [-0.2, -0.15) is 9.97 Å². The molecule has 3 aliphatic heterocycles. The van der Waals surface area contributed by atoms with Gasteiger partial charge in [-0.3, -0.25) is 9.88 Å². The molecule has 0 aliphatic carbocycles. The molecule has 2 unspecified atom stereocenters. The maximum Gasteiger partial charge on any atom is 0.319 e. The quantitative estimate of drug-likeness (QED) is 0.147. The Morgan fingerprint density at radius 2 is 2.07 bits per heavy atom. The minimum absolute atomic E-state index is 0.00532. The number of hydrogen-bond donors (Lipinski definition) is 0. The van der Waals surface area contributed by atoms with E-state index in [1.807, 2.05) is 0 Å². The van der Waals surface area contributed by atoms with Gasteiger partial charge in [-0.15, -0.1) is 6.42 Å².